The molecule has 5 aliphatic heterocycles. The largest absolute Gasteiger partial charge is 0.461 e. The molecule has 16 heteroatoms. The Morgan fingerprint density at radius 2 is 1.74 bits per heavy atom. The first-order valence-corrected chi connectivity index (χ1v) is 19.8. The lowest BCUT2D eigenvalue weighted by Crippen LogP contribution is -2.58. The van der Waals surface area contributed by atoms with Gasteiger partial charge in [0, 0.05) is 42.5 Å². The van der Waals surface area contributed by atoms with E-state index in [1.54, 1.807) is 19.1 Å². The van der Waals surface area contributed by atoms with Crippen molar-refractivity contribution in [1.29, 1.82) is 0 Å². The Bertz CT molecular complexity index is 2240. The number of ether oxygens (including phenoxy) is 2. The predicted molar refractivity (Wildman–Crippen MR) is 196 cm³/mol. The van der Waals surface area contributed by atoms with Crippen LogP contribution in [0.4, 0.5) is 40.9 Å². The quantitative estimate of drug-likeness (QED) is 0.151. The summed E-state index contributed by atoms with van der Waals surface area (Å²) in [5, 5.41) is 5.71. The summed E-state index contributed by atoms with van der Waals surface area (Å²) in [6.07, 6.45) is -4.92. The van der Waals surface area contributed by atoms with Crippen LogP contribution < -0.4 is 19.5 Å². The maximum absolute atomic E-state index is 17.6. The van der Waals surface area contributed by atoms with E-state index in [0.717, 1.165) is 36.8 Å². The van der Waals surface area contributed by atoms with Gasteiger partial charge in [-0.25, -0.2) is 4.39 Å². The molecule has 0 amide bonds. The monoisotopic (exact) mass is 805 g/mol. The number of pyridine rings is 1. The molecule has 5 atom stereocenters. The third kappa shape index (κ3) is 6.05. The Hall–Kier alpha value is -3.89. The molecule has 0 saturated carbocycles. The van der Waals surface area contributed by atoms with E-state index >= 15 is 8.78 Å². The number of hydrogen-bond acceptors (Lipinski definition) is 7. The maximum Gasteiger partial charge on any atom is 0.426 e. The normalized spacial score (nSPS) is 26.5. The van der Waals surface area contributed by atoms with Gasteiger partial charge in [0.15, 0.2) is 11.5 Å². The molecule has 0 unspecified atom stereocenters. The predicted octanol–water partition coefficient (Wildman–Crippen LogP) is 7.78. The molecule has 0 radical (unpaired) electrons. The minimum absolute atomic E-state index is 0.00420. The summed E-state index contributed by atoms with van der Waals surface area (Å²) in [5.41, 5.74) is -2.90. The average molecular weight is 806 g/mol. The van der Waals surface area contributed by atoms with Gasteiger partial charge in [-0.15, -0.1) is 0 Å². The van der Waals surface area contributed by atoms with Crippen LogP contribution in [0.1, 0.15) is 69.5 Å². The van der Waals surface area contributed by atoms with E-state index in [0.29, 0.717) is 72.9 Å². The van der Waals surface area contributed by atoms with Gasteiger partial charge in [0.05, 0.1) is 17.7 Å². The van der Waals surface area contributed by atoms with Gasteiger partial charge >= 0.3 is 18.4 Å². The number of rotatable bonds is 7. The van der Waals surface area contributed by atoms with E-state index in [1.807, 2.05) is 28.6 Å². The molecule has 9 rings (SSSR count). The highest BCUT2D eigenvalue weighted by molar-refractivity contribution is 6.00. The number of nitrogens with zero attached hydrogens (tertiary/aromatic N) is 5. The molecule has 5 aliphatic rings. The Kier molecular flexibility index (Phi) is 9.20. The van der Waals surface area contributed by atoms with Crippen LogP contribution >= 0.6 is 0 Å². The van der Waals surface area contributed by atoms with Crippen LogP contribution in [0.25, 0.3) is 32.9 Å². The first-order valence-electron chi connectivity index (χ1n) is 19.8. The van der Waals surface area contributed by atoms with Gasteiger partial charge in [-0.3, -0.25) is 4.90 Å². The van der Waals surface area contributed by atoms with E-state index in [-0.39, 0.29) is 48.9 Å². The zero-order chi connectivity index (χ0) is 40.2. The molecule has 7 heterocycles. The maximum atomic E-state index is 17.6. The lowest BCUT2D eigenvalue weighted by Gasteiger charge is -2.43. The second kappa shape index (κ2) is 13.6. The fourth-order valence-electron chi connectivity index (χ4n) is 10.6. The van der Waals surface area contributed by atoms with Crippen molar-refractivity contribution in [3.8, 4) is 17.3 Å². The number of hydrogen-bond donors (Lipinski definition) is 1. The van der Waals surface area contributed by atoms with Crippen LogP contribution in [-0.2, 0) is 18.2 Å². The highest BCUT2D eigenvalue weighted by atomic mass is 19.4. The fraction of sp³-hybridized carbons (Fsp3) is 0.585. The molecule has 0 spiro atoms. The third-order valence-electron chi connectivity index (χ3n) is 13.7. The van der Waals surface area contributed by atoms with E-state index < -0.39 is 47.8 Å². The van der Waals surface area contributed by atoms with Gasteiger partial charge in [-0.2, -0.15) is 45.3 Å². The minimum atomic E-state index is -5.65. The summed E-state index contributed by atoms with van der Waals surface area (Å²) in [5.74, 6) is -0.428. The number of fused-ring (bicyclic) bond motifs is 7. The topological polar surface area (TPSA) is 66.6 Å². The molecule has 306 valence electrons. The molecular weight excluding hydrogens is 760 g/mol. The number of anilines is 1. The van der Waals surface area contributed by atoms with Crippen molar-refractivity contribution in [2.75, 3.05) is 31.2 Å². The lowest BCUT2D eigenvalue weighted by molar-refractivity contribution is -0.667. The number of benzene rings is 2. The first kappa shape index (κ1) is 38.6. The zero-order valence-corrected chi connectivity index (χ0v) is 32.0. The number of aromatic nitrogens is 3. The zero-order valence-electron chi connectivity index (χ0n) is 32.0. The molecule has 1 N–H and O–H groups in total. The van der Waals surface area contributed by atoms with Crippen LogP contribution in [0.2, 0.25) is 0 Å². The highest BCUT2D eigenvalue weighted by Crippen LogP contribution is 2.48. The fourth-order valence-corrected chi connectivity index (χ4v) is 10.6. The molecule has 8 nitrogen and oxygen atoms in total. The lowest BCUT2D eigenvalue weighted by atomic mass is 9.92. The van der Waals surface area contributed by atoms with Crippen molar-refractivity contribution < 1.29 is 49.2 Å². The standard InChI is InChI=1S/C41H45F8N6O2/c1-22-27(42)13-11-23-7-4-8-26(31(22)23)35-33(43)34-32-30(53(35)3)10-5-9-29-28-14-12-24(50-28)19-54(29)36(32)52-37(51-34)56-21-39-16-6-18-55(39)25(15-17-39)20-57-38(2,40(44,45)46)41(47,48)49/h4,7-8,11,13,24-25,28-29,50H,5-6,9-10,12,14-21H2,1-3H3/q+1/t24-,25-,28+,29+,39-/m0/s1. The van der Waals surface area contributed by atoms with Crippen LogP contribution in [0, 0.1) is 18.6 Å². The van der Waals surface area contributed by atoms with Gasteiger partial charge < -0.3 is 19.7 Å². The SMILES string of the molecule is Cc1c(F)ccc2cccc(-c3c(F)c4nc(OC[C@@]56CCCN5[C@H](COC(C)(C(F)(F)F)C(F)(F)F)CC6)nc5c4c([n+]3C)CCC[C@@H]3[C@H]4CC[C@@H](CN53)N4)c12. The van der Waals surface area contributed by atoms with E-state index in [9.17, 15) is 26.3 Å². The molecule has 0 aliphatic carbocycles. The van der Waals surface area contributed by atoms with Gasteiger partial charge in [0.25, 0.3) is 11.3 Å². The first-order chi connectivity index (χ1) is 27.0. The molecule has 4 saturated heterocycles. The van der Waals surface area contributed by atoms with Crippen LogP contribution in [-0.4, -0.2) is 88.8 Å². The second-order valence-electron chi connectivity index (χ2n) is 16.8. The number of halogens is 8. The smallest absolute Gasteiger partial charge is 0.426 e. The van der Waals surface area contributed by atoms with Crippen molar-refractivity contribution >= 4 is 27.5 Å². The summed E-state index contributed by atoms with van der Waals surface area (Å²) in [6, 6.07) is 8.39. The van der Waals surface area contributed by atoms with Crippen LogP contribution in [0.3, 0.4) is 0 Å². The number of aryl methyl sites for hydroxylation is 2. The van der Waals surface area contributed by atoms with Crippen molar-refractivity contribution in [3.05, 3.63) is 53.2 Å². The van der Waals surface area contributed by atoms with Crippen molar-refractivity contribution in [3.63, 3.8) is 0 Å². The Labute approximate surface area is 324 Å². The third-order valence-corrected chi connectivity index (χ3v) is 13.7. The highest BCUT2D eigenvalue weighted by Gasteiger charge is 2.69. The molecule has 57 heavy (non-hydrogen) atoms. The molecule has 4 aromatic rings. The van der Waals surface area contributed by atoms with E-state index in [1.165, 1.54) is 6.07 Å². The summed E-state index contributed by atoms with van der Waals surface area (Å²) in [4.78, 5) is 14.0. The van der Waals surface area contributed by atoms with Crippen molar-refractivity contribution in [2.45, 2.75) is 119 Å². The van der Waals surface area contributed by atoms with Crippen molar-refractivity contribution in [1.82, 2.24) is 20.2 Å². The van der Waals surface area contributed by atoms with Crippen LogP contribution in [0.15, 0.2) is 30.3 Å². The van der Waals surface area contributed by atoms with E-state index in [2.05, 4.69) is 10.2 Å². The Morgan fingerprint density at radius 3 is 2.51 bits per heavy atom. The summed E-state index contributed by atoms with van der Waals surface area (Å²) >= 11 is 0. The Morgan fingerprint density at radius 1 is 0.947 bits per heavy atom. The summed E-state index contributed by atoms with van der Waals surface area (Å²) in [6.45, 7) is 2.07. The van der Waals surface area contributed by atoms with Crippen LogP contribution in [0.5, 0.6) is 6.01 Å². The van der Waals surface area contributed by atoms with Gasteiger partial charge in [-0.05, 0) is 94.8 Å². The molecule has 2 bridgehead atoms. The Balaban J connectivity index is 1.12. The van der Waals surface area contributed by atoms with Crippen molar-refractivity contribution in [2.24, 2.45) is 7.05 Å². The molecule has 2 aromatic heterocycles. The van der Waals surface area contributed by atoms with Gasteiger partial charge in [0.1, 0.15) is 30.4 Å². The summed E-state index contributed by atoms with van der Waals surface area (Å²) < 4.78 is 128. The summed E-state index contributed by atoms with van der Waals surface area (Å²) in [7, 11) is 1.83. The minimum Gasteiger partial charge on any atom is -0.461 e. The van der Waals surface area contributed by atoms with E-state index in [4.69, 9.17) is 19.4 Å². The number of piperazine rings is 1. The molecule has 4 fully saturated rings. The molecule has 2 aromatic carbocycles. The average Bonchev–Trinajstić information content (AvgIpc) is 3.85. The molecular formula is C41H45F8N6O2+. The second-order valence-corrected chi connectivity index (χ2v) is 16.8. The van der Waals surface area contributed by atoms with Gasteiger partial charge in [-0.1, -0.05) is 18.2 Å². The number of nitrogens with one attached hydrogen (secondary N) is 1. The number of alkyl halides is 6. The van der Waals surface area contributed by atoms with Gasteiger partial charge in [0.2, 0.25) is 5.82 Å².